The first-order chi connectivity index (χ1) is 7.74. The Balaban J connectivity index is 0. The second kappa shape index (κ2) is 11.3. The van der Waals surface area contributed by atoms with Crippen molar-refractivity contribution in [2.24, 2.45) is 11.5 Å². The van der Waals surface area contributed by atoms with Gasteiger partial charge in [-0.1, -0.05) is 24.6 Å². The van der Waals surface area contributed by atoms with E-state index in [1.165, 1.54) is 0 Å². The van der Waals surface area contributed by atoms with Gasteiger partial charge in [0.05, 0.1) is 0 Å². The summed E-state index contributed by atoms with van der Waals surface area (Å²) < 4.78 is 5.11. The summed E-state index contributed by atoms with van der Waals surface area (Å²) in [5.41, 5.74) is 11.0. The molecule has 0 bridgehead atoms. The number of carbonyl (C=O) groups is 1. The monoisotopic (exact) mass is 294 g/mol. The van der Waals surface area contributed by atoms with Crippen LogP contribution in [0, 0.1) is 0 Å². The van der Waals surface area contributed by atoms with Crippen molar-refractivity contribution in [3.05, 3.63) is 30.3 Å². The first kappa shape index (κ1) is 19.5. The summed E-state index contributed by atoms with van der Waals surface area (Å²) in [5, 5.41) is 0. The third-order valence-electron chi connectivity index (χ3n) is 2.23. The van der Waals surface area contributed by atoms with Crippen molar-refractivity contribution in [3.63, 3.8) is 0 Å². The van der Waals surface area contributed by atoms with Crippen LogP contribution in [0.5, 0.6) is 5.75 Å². The summed E-state index contributed by atoms with van der Waals surface area (Å²) in [6.07, 6.45) is 2.34. The van der Waals surface area contributed by atoms with Crippen LogP contribution in [0.25, 0.3) is 0 Å². The van der Waals surface area contributed by atoms with Gasteiger partial charge in [-0.25, -0.2) is 4.79 Å². The standard InChI is InChI=1S/C12H18N2O2.2ClH/c13-9-5-4-8-11(14)12(15)16-10-6-2-1-3-7-10;;/h1-3,6-7,11H,4-5,8-9,13-14H2;2*1H/t11-;;/m0../s1. The molecule has 0 radical (unpaired) electrons. The van der Waals surface area contributed by atoms with Crippen LogP contribution in [0.1, 0.15) is 19.3 Å². The molecule has 0 heterocycles. The van der Waals surface area contributed by atoms with Crippen molar-refractivity contribution < 1.29 is 9.53 Å². The van der Waals surface area contributed by atoms with E-state index in [4.69, 9.17) is 16.2 Å². The van der Waals surface area contributed by atoms with Crippen LogP contribution in [-0.4, -0.2) is 18.6 Å². The topological polar surface area (TPSA) is 78.3 Å². The van der Waals surface area contributed by atoms with Crippen molar-refractivity contribution >= 4 is 30.8 Å². The molecule has 18 heavy (non-hydrogen) atoms. The Morgan fingerprint density at radius 3 is 2.33 bits per heavy atom. The van der Waals surface area contributed by atoms with Crippen LogP contribution in [0.2, 0.25) is 0 Å². The Morgan fingerprint density at radius 2 is 1.78 bits per heavy atom. The Kier molecular flexibility index (Phi) is 12.2. The average Bonchev–Trinajstić information content (AvgIpc) is 2.30. The number of hydrogen-bond donors (Lipinski definition) is 2. The van der Waals surface area contributed by atoms with Gasteiger partial charge in [0.25, 0.3) is 0 Å². The number of para-hydroxylation sites is 1. The normalized spacial score (nSPS) is 10.8. The lowest BCUT2D eigenvalue weighted by Crippen LogP contribution is -2.34. The lowest BCUT2D eigenvalue weighted by atomic mass is 10.1. The summed E-state index contributed by atoms with van der Waals surface area (Å²) in [4.78, 5) is 11.5. The summed E-state index contributed by atoms with van der Waals surface area (Å²) >= 11 is 0. The van der Waals surface area contributed by atoms with Crippen LogP contribution < -0.4 is 16.2 Å². The number of esters is 1. The van der Waals surface area contributed by atoms with Crippen molar-refractivity contribution in [1.82, 2.24) is 0 Å². The average molecular weight is 295 g/mol. The van der Waals surface area contributed by atoms with Crippen LogP contribution in [0.4, 0.5) is 0 Å². The Labute approximate surface area is 120 Å². The van der Waals surface area contributed by atoms with E-state index in [0.717, 1.165) is 12.8 Å². The summed E-state index contributed by atoms with van der Waals surface area (Å²) in [5.74, 6) is 0.144. The van der Waals surface area contributed by atoms with Gasteiger partial charge in [-0.15, -0.1) is 24.8 Å². The zero-order valence-electron chi connectivity index (χ0n) is 10.1. The molecular formula is C12H20Cl2N2O2. The van der Waals surface area contributed by atoms with Gasteiger partial charge in [0, 0.05) is 0 Å². The van der Waals surface area contributed by atoms with Gasteiger partial charge in [-0.2, -0.15) is 0 Å². The van der Waals surface area contributed by atoms with Gasteiger partial charge in [0.15, 0.2) is 0 Å². The van der Waals surface area contributed by atoms with E-state index in [9.17, 15) is 4.79 Å². The largest absolute Gasteiger partial charge is 0.425 e. The van der Waals surface area contributed by atoms with Crippen LogP contribution >= 0.6 is 24.8 Å². The number of carbonyl (C=O) groups excluding carboxylic acids is 1. The van der Waals surface area contributed by atoms with E-state index in [2.05, 4.69) is 0 Å². The highest BCUT2D eigenvalue weighted by molar-refractivity contribution is 5.85. The highest BCUT2D eigenvalue weighted by atomic mass is 35.5. The van der Waals surface area contributed by atoms with Gasteiger partial charge in [0.1, 0.15) is 11.8 Å². The predicted octanol–water partition coefficient (Wildman–Crippen LogP) is 1.89. The van der Waals surface area contributed by atoms with Gasteiger partial charge in [-0.05, 0) is 31.5 Å². The number of unbranched alkanes of at least 4 members (excludes halogenated alkanes) is 1. The zero-order chi connectivity index (χ0) is 11.8. The summed E-state index contributed by atoms with van der Waals surface area (Å²) in [6.45, 7) is 0.625. The molecular weight excluding hydrogens is 275 g/mol. The minimum Gasteiger partial charge on any atom is -0.425 e. The maximum absolute atomic E-state index is 11.5. The minimum absolute atomic E-state index is 0. The lowest BCUT2D eigenvalue weighted by molar-refractivity contribution is -0.136. The molecule has 1 rings (SSSR count). The zero-order valence-corrected chi connectivity index (χ0v) is 11.7. The number of hydrogen-bond acceptors (Lipinski definition) is 4. The molecule has 1 aromatic rings. The molecule has 0 spiro atoms. The lowest BCUT2D eigenvalue weighted by Gasteiger charge is -2.10. The molecule has 4 N–H and O–H groups in total. The van der Waals surface area contributed by atoms with E-state index in [1.54, 1.807) is 12.1 Å². The molecule has 6 heteroatoms. The van der Waals surface area contributed by atoms with Crippen molar-refractivity contribution in [1.29, 1.82) is 0 Å². The van der Waals surface area contributed by atoms with Crippen LogP contribution in [0.3, 0.4) is 0 Å². The Bertz CT molecular complexity index is 323. The third kappa shape index (κ3) is 7.50. The Morgan fingerprint density at radius 1 is 1.17 bits per heavy atom. The van der Waals surface area contributed by atoms with Crippen LogP contribution in [0.15, 0.2) is 30.3 Å². The van der Waals surface area contributed by atoms with Gasteiger partial charge >= 0.3 is 5.97 Å². The van der Waals surface area contributed by atoms with Crippen molar-refractivity contribution in [3.8, 4) is 5.75 Å². The number of halogens is 2. The molecule has 0 saturated heterocycles. The molecule has 0 unspecified atom stereocenters. The fourth-order valence-electron chi connectivity index (χ4n) is 1.31. The first-order valence-corrected chi connectivity index (χ1v) is 5.46. The van der Waals surface area contributed by atoms with Gasteiger partial charge in [-0.3, -0.25) is 0 Å². The molecule has 0 aliphatic carbocycles. The van der Waals surface area contributed by atoms with Gasteiger partial charge in [0.2, 0.25) is 0 Å². The molecule has 0 saturated carbocycles. The van der Waals surface area contributed by atoms with E-state index >= 15 is 0 Å². The molecule has 4 nitrogen and oxygen atoms in total. The van der Waals surface area contributed by atoms with E-state index in [1.807, 2.05) is 18.2 Å². The van der Waals surface area contributed by atoms with Crippen LogP contribution in [-0.2, 0) is 4.79 Å². The SMILES string of the molecule is Cl.Cl.NCCCC[C@H](N)C(=O)Oc1ccccc1. The molecule has 0 aliphatic rings. The second-order valence-electron chi connectivity index (χ2n) is 3.63. The second-order valence-corrected chi connectivity index (χ2v) is 3.63. The highest BCUT2D eigenvalue weighted by Gasteiger charge is 2.14. The number of benzene rings is 1. The van der Waals surface area contributed by atoms with E-state index in [-0.39, 0.29) is 30.8 Å². The molecule has 0 aliphatic heterocycles. The third-order valence-corrected chi connectivity index (χ3v) is 2.23. The quantitative estimate of drug-likeness (QED) is 0.477. The maximum atomic E-state index is 11.5. The maximum Gasteiger partial charge on any atom is 0.328 e. The summed E-state index contributed by atoms with van der Waals surface area (Å²) in [7, 11) is 0. The minimum atomic E-state index is -0.563. The molecule has 1 atom stereocenters. The number of nitrogens with two attached hydrogens (primary N) is 2. The smallest absolute Gasteiger partial charge is 0.328 e. The fourth-order valence-corrected chi connectivity index (χ4v) is 1.31. The Hall–Kier alpha value is -0.810. The highest BCUT2D eigenvalue weighted by Crippen LogP contribution is 2.10. The molecule has 104 valence electrons. The molecule has 0 amide bonds. The van der Waals surface area contributed by atoms with E-state index < -0.39 is 6.04 Å². The number of ether oxygens (including phenoxy) is 1. The van der Waals surface area contributed by atoms with Crippen molar-refractivity contribution in [2.45, 2.75) is 25.3 Å². The first-order valence-electron chi connectivity index (χ1n) is 5.46. The number of rotatable bonds is 6. The van der Waals surface area contributed by atoms with E-state index in [0.29, 0.717) is 18.7 Å². The molecule has 1 aromatic carbocycles. The predicted molar refractivity (Wildman–Crippen MR) is 77.5 cm³/mol. The fraction of sp³-hybridized carbons (Fsp3) is 0.417. The van der Waals surface area contributed by atoms with Gasteiger partial charge < -0.3 is 16.2 Å². The summed E-state index contributed by atoms with van der Waals surface area (Å²) in [6, 6.07) is 8.37. The van der Waals surface area contributed by atoms with Crippen molar-refractivity contribution in [2.75, 3.05) is 6.54 Å². The molecule has 0 fully saturated rings. The molecule has 0 aromatic heterocycles.